The Bertz CT molecular complexity index is 1320. The van der Waals surface area contributed by atoms with Crippen molar-refractivity contribution in [1.29, 1.82) is 0 Å². The van der Waals surface area contributed by atoms with E-state index in [1.807, 2.05) is 0 Å². The summed E-state index contributed by atoms with van der Waals surface area (Å²) >= 11 is 0.300. The van der Waals surface area contributed by atoms with Gasteiger partial charge in [0.15, 0.2) is 5.13 Å². The Labute approximate surface area is 200 Å². The maximum Gasteiger partial charge on any atom is 0.460 e. The van der Waals surface area contributed by atoms with E-state index in [0.29, 0.717) is 22.3 Å². The highest BCUT2D eigenvalue weighted by atomic mass is 32.1. The van der Waals surface area contributed by atoms with Gasteiger partial charge in [-0.05, 0) is 16.8 Å². The van der Waals surface area contributed by atoms with Crippen LogP contribution in [0.5, 0.6) is 0 Å². The molecule has 3 rings (SSSR count). The maximum atomic E-state index is 14.0. The lowest BCUT2D eigenvalue weighted by atomic mass is 9.93. The number of hydrogen-bond acceptors (Lipinski definition) is 3. The summed E-state index contributed by atoms with van der Waals surface area (Å²) < 4.78 is 172. The minimum Gasteiger partial charge on any atom is -0.296 e. The number of benzene rings is 2. The van der Waals surface area contributed by atoms with Crippen molar-refractivity contribution in [2.75, 3.05) is 5.32 Å². The summed E-state index contributed by atoms with van der Waals surface area (Å²) in [5, 5.41) is 2.57. The van der Waals surface area contributed by atoms with Gasteiger partial charge >= 0.3 is 41.7 Å². The number of nitrogens with zero attached hydrogens (tertiary/aromatic N) is 1. The summed E-state index contributed by atoms with van der Waals surface area (Å²) in [5.41, 5.74) is 0.274. The number of halogens is 13. The van der Waals surface area contributed by atoms with E-state index in [2.05, 4.69) is 4.98 Å². The lowest BCUT2D eigenvalue weighted by Gasteiger charge is -2.39. The van der Waals surface area contributed by atoms with Gasteiger partial charge in [-0.1, -0.05) is 36.4 Å². The first kappa shape index (κ1) is 28.5. The average Bonchev–Trinajstić information content (AvgIpc) is 3.25. The van der Waals surface area contributed by atoms with Crippen LogP contribution < -0.4 is 5.32 Å². The van der Waals surface area contributed by atoms with Crippen LogP contribution in [0.2, 0.25) is 0 Å². The number of alkyl halides is 13. The monoisotopic (exact) mass is 572 g/mol. The zero-order valence-electron chi connectivity index (χ0n) is 17.3. The van der Waals surface area contributed by atoms with Crippen molar-refractivity contribution in [2.24, 2.45) is 0 Å². The van der Waals surface area contributed by atoms with Gasteiger partial charge in [-0.15, -0.1) is 11.3 Å². The largest absolute Gasteiger partial charge is 0.460 e. The molecule has 0 spiro atoms. The van der Waals surface area contributed by atoms with Crippen LogP contribution in [0.4, 0.5) is 62.2 Å². The van der Waals surface area contributed by atoms with Crippen molar-refractivity contribution in [1.82, 2.24) is 4.98 Å². The molecule has 1 amide bonds. The highest BCUT2D eigenvalue weighted by Crippen LogP contribution is 2.60. The molecule has 3 aromatic rings. The highest BCUT2D eigenvalue weighted by Gasteiger charge is 2.91. The average molecular weight is 572 g/mol. The van der Waals surface area contributed by atoms with E-state index in [1.165, 1.54) is 6.07 Å². The third kappa shape index (κ3) is 4.35. The molecule has 1 heterocycles. The van der Waals surface area contributed by atoms with Crippen molar-refractivity contribution in [3.8, 4) is 11.3 Å². The van der Waals surface area contributed by atoms with Crippen LogP contribution >= 0.6 is 11.3 Å². The Hall–Kier alpha value is -3.11. The van der Waals surface area contributed by atoms with Crippen LogP contribution in [0, 0.1) is 0 Å². The van der Waals surface area contributed by atoms with Crippen LogP contribution in [-0.2, 0) is 4.79 Å². The number of carbonyl (C=O) groups is 1. The van der Waals surface area contributed by atoms with Gasteiger partial charge in [0, 0.05) is 10.9 Å². The van der Waals surface area contributed by atoms with E-state index < -0.39 is 46.8 Å². The molecule has 0 saturated heterocycles. The number of fused-ring (bicyclic) bond motifs is 1. The van der Waals surface area contributed by atoms with Gasteiger partial charge in [0.05, 0.1) is 5.69 Å². The van der Waals surface area contributed by atoms with Crippen LogP contribution in [0.3, 0.4) is 0 Å². The summed E-state index contributed by atoms with van der Waals surface area (Å²) in [5.74, 6) is -42.1. The molecule has 37 heavy (non-hydrogen) atoms. The van der Waals surface area contributed by atoms with Crippen LogP contribution in [0.1, 0.15) is 0 Å². The summed E-state index contributed by atoms with van der Waals surface area (Å²) in [6.45, 7) is 0. The molecular weight excluding hydrogens is 563 g/mol. The zero-order valence-corrected chi connectivity index (χ0v) is 18.1. The molecule has 202 valence electrons. The number of rotatable bonds is 7. The van der Waals surface area contributed by atoms with E-state index in [9.17, 15) is 61.9 Å². The van der Waals surface area contributed by atoms with Crippen molar-refractivity contribution in [3.05, 3.63) is 47.8 Å². The van der Waals surface area contributed by atoms with Gasteiger partial charge < -0.3 is 0 Å². The standard InChI is InChI=1S/C20H9F13N2OS/c21-15(22,16(23,24)17(25,26)18(27,28)19(29,30)20(31,32)33)13(36)35-14-34-12(8-37-14)11-6-5-9-3-1-2-4-10(9)7-11/h1-8H,(H,34,35,36). The number of thiazole rings is 1. The molecule has 3 nitrogen and oxygen atoms in total. The lowest BCUT2D eigenvalue weighted by molar-refractivity contribution is -0.435. The zero-order chi connectivity index (χ0) is 28.2. The van der Waals surface area contributed by atoms with Crippen molar-refractivity contribution >= 4 is 33.1 Å². The number of amides is 1. The summed E-state index contributed by atoms with van der Waals surface area (Å²) in [6, 6.07) is 11.4. The SMILES string of the molecule is O=C(Nc1nc(-c2ccc3ccccc3c2)cs1)C(F)(F)C(F)(F)C(F)(F)C(F)(F)C(F)(F)C(F)(F)F. The Morgan fingerprint density at radius 1 is 0.703 bits per heavy atom. The van der Waals surface area contributed by atoms with Crippen LogP contribution in [-0.4, -0.2) is 46.7 Å². The number of anilines is 1. The number of hydrogen-bond donors (Lipinski definition) is 1. The summed E-state index contributed by atoms with van der Waals surface area (Å²) in [4.78, 5) is 15.3. The predicted molar refractivity (Wildman–Crippen MR) is 104 cm³/mol. The molecule has 0 aliphatic heterocycles. The molecule has 0 atom stereocenters. The van der Waals surface area contributed by atoms with E-state index in [-0.39, 0.29) is 5.69 Å². The normalized spacial score (nSPS) is 14.2. The second-order valence-electron chi connectivity index (χ2n) is 7.42. The Kier molecular flexibility index (Phi) is 6.72. The van der Waals surface area contributed by atoms with Gasteiger partial charge in [0.2, 0.25) is 0 Å². The Morgan fingerprint density at radius 3 is 1.81 bits per heavy atom. The van der Waals surface area contributed by atoms with Crippen LogP contribution in [0.15, 0.2) is 47.8 Å². The molecule has 0 aliphatic carbocycles. The number of aromatic nitrogens is 1. The van der Waals surface area contributed by atoms with Gasteiger partial charge in [0.1, 0.15) is 0 Å². The van der Waals surface area contributed by atoms with Gasteiger partial charge in [0.25, 0.3) is 0 Å². The molecule has 17 heteroatoms. The first-order chi connectivity index (χ1) is 16.7. The fourth-order valence-corrected chi connectivity index (χ4v) is 3.61. The number of nitrogens with one attached hydrogen (secondary N) is 1. The maximum absolute atomic E-state index is 14.0. The van der Waals surface area contributed by atoms with Crippen LogP contribution in [0.25, 0.3) is 22.0 Å². The second kappa shape index (κ2) is 8.73. The van der Waals surface area contributed by atoms with Gasteiger partial charge in [-0.2, -0.15) is 57.1 Å². The quantitative estimate of drug-likeness (QED) is 0.296. The van der Waals surface area contributed by atoms with E-state index in [4.69, 9.17) is 0 Å². The molecule has 0 fully saturated rings. The fraction of sp³-hybridized carbons (Fsp3) is 0.300. The molecule has 0 unspecified atom stereocenters. The first-order valence-electron chi connectivity index (χ1n) is 9.40. The Balaban J connectivity index is 1.88. The van der Waals surface area contributed by atoms with Gasteiger partial charge in [-0.3, -0.25) is 10.1 Å². The third-order valence-electron chi connectivity index (χ3n) is 4.99. The van der Waals surface area contributed by atoms with E-state index in [1.54, 1.807) is 36.4 Å². The van der Waals surface area contributed by atoms with Crippen molar-refractivity contribution in [2.45, 2.75) is 35.8 Å². The first-order valence-corrected chi connectivity index (χ1v) is 10.3. The Morgan fingerprint density at radius 2 is 1.24 bits per heavy atom. The molecule has 1 N–H and O–H groups in total. The minimum atomic E-state index is -8.09. The summed E-state index contributed by atoms with van der Waals surface area (Å²) in [7, 11) is 0. The fourth-order valence-electron chi connectivity index (χ4n) is 2.90. The number of carbonyl (C=O) groups excluding carboxylic acids is 1. The topological polar surface area (TPSA) is 42.0 Å². The van der Waals surface area contributed by atoms with Gasteiger partial charge in [-0.25, -0.2) is 4.98 Å². The summed E-state index contributed by atoms with van der Waals surface area (Å²) in [6.07, 6.45) is -7.53. The molecule has 2 aromatic carbocycles. The lowest BCUT2D eigenvalue weighted by Crippen LogP contribution is -2.71. The molecule has 0 bridgehead atoms. The molecule has 0 radical (unpaired) electrons. The van der Waals surface area contributed by atoms with E-state index >= 15 is 0 Å². The molecule has 1 aromatic heterocycles. The molecular formula is C20H9F13N2OS. The molecule has 0 saturated carbocycles. The van der Waals surface area contributed by atoms with Crippen molar-refractivity contribution in [3.63, 3.8) is 0 Å². The third-order valence-corrected chi connectivity index (χ3v) is 5.75. The molecule has 0 aliphatic rings. The highest BCUT2D eigenvalue weighted by molar-refractivity contribution is 7.14. The van der Waals surface area contributed by atoms with Crippen molar-refractivity contribution < 1.29 is 61.9 Å². The predicted octanol–water partition coefficient (Wildman–Crippen LogP) is 7.64. The second-order valence-corrected chi connectivity index (χ2v) is 8.28. The van der Waals surface area contributed by atoms with E-state index in [0.717, 1.165) is 16.1 Å². The minimum absolute atomic E-state index is 0.0391. The smallest absolute Gasteiger partial charge is 0.296 e.